The molecule has 1 rings (SSSR count). The Morgan fingerprint density at radius 2 is 1.11 bits per heavy atom. The average Bonchev–Trinajstić information content (AvgIpc) is 2.70. The largest absolute Gasteiger partial charge is 0.486 e. The molecule has 0 N–H and O–H groups in total. The molecule has 0 aromatic heterocycles. The maximum atomic E-state index is 8.91. The van der Waals surface area contributed by atoms with Crippen LogP contribution in [-0.4, -0.2) is 6.61 Å². The Hall–Kier alpha value is -1.56. The van der Waals surface area contributed by atoms with E-state index in [9.17, 15) is 0 Å². The van der Waals surface area contributed by atoms with E-state index in [1.165, 1.54) is 96.3 Å². The van der Waals surface area contributed by atoms with Crippen molar-refractivity contribution in [2.45, 2.75) is 110 Å². The lowest BCUT2D eigenvalue weighted by Gasteiger charge is -2.05. The molecule has 27 heavy (non-hydrogen) atoms. The van der Waals surface area contributed by atoms with Gasteiger partial charge in [0.2, 0.25) is 11.1 Å². The molecule has 0 unspecified atom stereocenters. The highest BCUT2D eigenvalue weighted by atomic mass is 16.5. The smallest absolute Gasteiger partial charge is 0.426 e. The van der Waals surface area contributed by atoms with Crippen LogP contribution in [0.1, 0.15) is 110 Å². The van der Waals surface area contributed by atoms with E-state index in [0.717, 1.165) is 6.42 Å². The van der Waals surface area contributed by atoms with Gasteiger partial charge in [0, 0.05) is 6.07 Å². The lowest BCUT2D eigenvalue weighted by atomic mass is 10.0. The highest BCUT2D eigenvalue weighted by Crippen LogP contribution is 2.26. The number of diazo groups is 1. The van der Waals surface area contributed by atoms with E-state index >= 15 is 0 Å². The third-order valence-electron chi connectivity index (χ3n) is 5.23. The predicted octanol–water partition coefficient (Wildman–Crippen LogP) is 8.81. The van der Waals surface area contributed by atoms with E-state index in [1.54, 1.807) is 6.07 Å². The first kappa shape index (κ1) is 23.5. The molecule has 0 fully saturated rings. The lowest BCUT2D eigenvalue weighted by molar-refractivity contribution is 0.306. The minimum Gasteiger partial charge on any atom is -0.486 e. The summed E-state index contributed by atoms with van der Waals surface area (Å²) in [4.78, 5) is 3.24. The average molecular weight is 374 g/mol. The molecule has 1 aromatic carbocycles. The molecule has 0 saturated carbocycles. The van der Waals surface area contributed by atoms with E-state index in [-0.39, 0.29) is 0 Å². The first-order valence-electron chi connectivity index (χ1n) is 11.5. The second-order valence-electron chi connectivity index (χ2n) is 7.72. The summed E-state index contributed by atoms with van der Waals surface area (Å²) >= 11 is 0. The SMILES string of the molecule is CCCCCCCCCCCCCCCCCCOc1ccccc1[N+]#N. The number of hydrogen-bond acceptors (Lipinski definition) is 2. The second kappa shape index (κ2) is 17.8. The first-order chi connectivity index (χ1) is 13.4. The van der Waals surface area contributed by atoms with Crippen LogP contribution in [0.4, 0.5) is 5.69 Å². The Kier molecular flexibility index (Phi) is 15.5. The minimum absolute atomic E-state index is 0.508. The number of nitrogens with zero attached hydrogens (tertiary/aromatic N) is 2. The Morgan fingerprint density at radius 1 is 0.667 bits per heavy atom. The molecule has 0 heterocycles. The van der Waals surface area contributed by atoms with Crippen LogP contribution in [0, 0.1) is 5.39 Å². The Bertz CT molecular complexity index is 495. The van der Waals surface area contributed by atoms with Crippen LogP contribution in [0.2, 0.25) is 0 Å². The monoisotopic (exact) mass is 373 g/mol. The van der Waals surface area contributed by atoms with Crippen molar-refractivity contribution in [3.8, 4) is 5.75 Å². The molecule has 3 nitrogen and oxygen atoms in total. The van der Waals surface area contributed by atoms with Crippen LogP contribution in [0.15, 0.2) is 24.3 Å². The fraction of sp³-hybridized carbons (Fsp3) is 0.750. The predicted molar refractivity (Wildman–Crippen MR) is 116 cm³/mol. The van der Waals surface area contributed by atoms with Crippen molar-refractivity contribution in [3.63, 3.8) is 0 Å². The molecule has 0 aliphatic rings. The number of benzene rings is 1. The summed E-state index contributed by atoms with van der Waals surface area (Å²) in [5.41, 5.74) is 0.508. The summed E-state index contributed by atoms with van der Waals surface area (Å²) in [6, 6.07) is 7.35. The molecule has 0 amide bonds. The summed E-state index contributed by atoms with van der Waals surface area (Å²) in [5, 5.41) is 8.91. The highest BCUT2D eigenvalue weighted by Gasteiger charge is 2.12. The number of unbranched alkanes of at least 4 members (excludes halogenated alkanes) is 15. The second-order valence-corrected chi connectivity index (χ2v) is 7.72. The fourth-order valence-electron chi connectivity index (χ4n) is 3.49. The summed E-state index contributed by atoms with van der Waals surface area (Å²) in [6.45, 7) is 2.98. The molecule has 0 radical (unpaired) electrons. The van der Waals surface area contributed by atoms with Crippen molar-refractivity contribution in [1.29, 1.82) is 5.39 Å². The van der Waals surface area contributed by atoms with Gasteiger partial charge in [0.15, 0.2) is 4.98 Å². The Balaban J connectivity index is 1.79. The molecule has 0 atom stereocenters. The molecule has 1 aromatic rings. The maximum Gasteiger partial charge on any atom is 0.426 e. The van der Waals surface area contributed by atoms with Gasteiger partial charge in [-0.1, -0.05) is 115 Å². The van der Waals surface area contributed by atoms with Crippen molar-refractivity contribution in [1.82, 2.24) is 0 Å². The number of hydrogen-bond donors (Lipinski definition) is 0. The molecule has 0 saturated heterocycles. The zero-order valence-electron chi connectivity index (χ0n) is 17.6. The molecule has 152 valence electrons. The normalized spacial score (nSPS) is 10.7. The van der Waals surface area contributed by atoms with Crippen LogP contribution < -0.4 is 4.74 Å². The van der Waals surface area contributed by atoms with E-state index in [2.05, 4.69) is 11.9 Å². The van der Waals surface area contributed by atoms with Gasteiger partial charge < -0.3 is 4.74 Å². The molecule has 0 aliphatic carbocycles. The summed E-state index contributed by atoms with van der Waals surface area (Å²) in [7, 11) is 0. The topological polar surface area (TPSA) is 37.4 Å². The summed E-state index contributed by atoms with van der Waals surface area (Å²) in [6.07, 6.45) is 22.0. The van der Waals surface area contributed by atoms with Gasteiger partial charge in [0.05, 0.1) is 6.61 Å². The van der Waals surface area contributed by atoms with Gasteiger partial charge >= 0.3 is 5.69 Å². The van der Waals surface area contributed by atoms with Crippen molar-refractivity contribution in [3.05, 3.63) is 29.2 Å². The quantitative estimate of drug-likeness (QED) is 0.190. The van der Waals surface area contributed by atoms with Crippen LogP contribution in [-0.2, 0) is 0 Å². The Labute approximate surface area is 167 Å². The molecular formula is C24H41N2O+. The van der Waals surface area contributed by atoms with Crippen LogP contribution >= 0.6 is 0 Å². The number of ether oxygens (including phenoxy) is 1. The van der Waals surface area contributed by atoms with Crippen molar-refractivity contribution in [2.24, 2.45) is 0 Å². The molecule has 0 bridgehead atoms. The highest BCUT2D eigenvalue weighted by molar-refractivity contribution is 5.56. The third kappa shape index (κ3) is 13.3. The van der Waals surface area contributed by atoms with Gasteiger partial charge in [-0.2, -0.15) is 0 Å². The molecule has 3 heteroatoms. The summed E-state index contributed by atoms with van der Waals surface area (Å²) < 4.78 is 5.69. The molecule has 0 aliphatic heterocycles. The van der Waals surface area contributed by atoms with Crippen molar-refractivity contribution < 1.29 is 4.74 Å². The van der Waals surface area contributed by atoms with E-state index in [4.69, 9.17) is 10.1 Å². The minimum atomic E-state index is 0.508. The van der Waals surface area contributed by atoms with Crippen molar-refractivity contribution in [2.75, 3.05) is 6.61 Å². The van der Waals surface area contributed by atoms with E-state index < -0.39 is 0 Å². The van der Waals surface area contributed by atoms with Crippen molar-refractivity contribution >= 4 is 5.69 Å². The first-order valence-corrected chi connectivity index (χ1v) is 11.5. The van der Waals surface area contributed by atoms with Gasteiger partial charge in [-0.3, -0.25) is 0 Å². The lowest BCUT2D eigenvalue weighted by Crippen LogP contribution is -1.97. The van der Waals surface area contributed by atoms with Gasteiger partial charge in [0.25, 0.3) is 0 Å². The van der Waals surface area contributed by atoms with Crippen LogP contribution in [0.3, 0.4) is 0 Å². The van der Waals surface area contributed by atoms with E-state index in [0.29, 0.717) is 18.0 Å². The van der Waals surface area contributed by atoms with Gasteiger partial charge in [0.1, 0.15) is 0 Å². The number of rotatable bonds is 18. The van der Waals surface area contributed by atoms with Gasteiger partial charge in [-0.05, 0) is 12.5 Å². The third-order valence-corrected chi connectivity index (χ3v) is 5.23. The van der Waals surface area contributed by atoms with Crippen LogP contribution in [0.5, 0.6) is 5.75 Å². The zero-order valence-corrected chi connectivity index (χ0v) is 17.6. The van der Waals surface area contributed by atoms with Gasteiger partial charge in [-0.15, -0.1) is 0 Å². The summed E-state index contributed by atoms with van der Waals surface area (Å²) in [5.74, 6) is 0.668. The molecule has 0 spiro atoms. The Morgan fingerprint density at radius 3 is 1.59 bits per heavy atom. The standard InChI is InChI=1S/C24H41N2O/c1-2-3-4-5-6-7-8-9-10-11-12-13-14-15-16-19-22-27-24-21-18-17-20-23(24)26-25/h17-18,20-21H,2-16,19,22H2,1H3/q+1. The molecular weight excluding hydrogens is 332 g/mol. The zero-order chi connectivity index (χ0) is 19.4. The van der Waals surface area contributed by atoms with E-state index in [1.807, 2.05) is 18.2 Å². The van der Waals surface area contributed by atoms with Gasteiger partial charge in [-0.25, -0.2) is 0 Å². The maximum absolute atomic E-state index is 8.91. The fourth-order valence-corrected chi connectivity index (χ4v) is 3.49. The number of para-hydroxylation sites is 1. The van der Waals surface area contributed by atoms with Crippen LogP contribution in [0.25, 0.3) is 4.98 Å².